The largest absolute Gasteiger partial charge is 0.503 e. The lowest BCUT2D eigenvalue weighted by Gasteiger charge is -2.41. The molecular formula is C15H22BrNO3. The first kappa shape index (κ1) is 15.6. The van der Waals surface area contributed by atoms with Crippen LogP contribution in [0, 0.1) is 0 Å². The molecule has 4 nitrogen and oxygen atoms in total. The molecule has 1 aliphatic rings. The van der Waals surface area contributed by atoms with Gasteiger partial charge in [-0.05, 0) is 54.4 Å². The zero-order valence-corrected chi connectivity index (χ0v) is 14.0. The summed E-state index contributed by atoms with van der Waals surface area (Å²) in [6.07, 6.45) is 0.223. The molecule has 5 heteroatoms. The van der Waals surface area contributed by atoms with E-state index in [0.717, 1.165) is 25.2 Å². The van der Waals surface area contributed by atoms with Gasteiger partial charge in [-0.2, -0.15) is 0 Å². The predicted molar refractivity (Wildman–Crippen MR) is 82.3 cm³/mol. The fourth-order valence-electron chi connectivity index (χ4n) is 2.84. The van der Waals surface area contributed by atoms with E-state index in [-0.39, 0.29) is 17.5 Å². The summed E-state index contributed by atoms with van der Waals surface area (Å²) in [5.41, 5.74) is 0.979. The Morgan fingerprint density at radius 1 is 1.50 bits per heavy atom. The molecule has 20 heavy (non-hydrogen) atoms. The van der Waals surface area contributed by atoms with Crippen molar-refractivity contribution in [3.05, 3.63) is 22.2 Å². The van der Waals surface area contributed by atoms with Crippen LogP contribution in [0.2, 0.25) is 0 Å². The molecule has 1 saturated heterocycles. The van der Waals surface area contributed by atoms with Crippen LogP contribution in [0.25, 0.3) is 0 Å². The zero-order valence-electron chi connectivity index (χ0n) is 12.4. The van der Waals surface area contributed by atoms with Gasteiger partial charge in [-0.1, -0.05) is 0 Å². The average Bonchev–Trinajstić information content (AvgIpc) is 2.30. The average molecular weight is 344 g/mol. The van der Waals surface area contributed by atoms with Crippen molar-refractivity contribution in [1.82, 2.24) is 4.90 Å². The number of methoxy groups -OCH3 is 1. The molecule has 0 spiro atoms. The van der Waals surface area contributed by atoms with Crippen molar-refractivity contribution in [2.45, 2.75) is 39.0 Å². The Labute approximate surface area is 128 Å². The van der Waals surface area contributed by atoms with Gasteiger partial charge in [0.05, 0.1) is 23.3 Å². The van der Waals surface area contributed by atoms with E-state index in [1.165, 1.54) is 0 Å². The van der Waals surface area contributed by atoms with Gasteiger partial charge in [0.15, 0.2) is 11.5 Å². The number of halogens is 1. The Morgan fingerprint density at radius 3 is 2.80 bits per heavy atom. The maximum Gasteiger partial charge on any atom is 0.172 e. The smallest absolute Gasteiger partial charge is 0.172 e. The summed E-state index contributed by atoms with van der Waals surface area (Å²) in [7, 11) is 1.56. The highest BCUT2D eigenvalue weighted by molar-refractivity contribution is 9.10. The third-order valence-corrected chi connectivity index (χ3v) is 3.96. The van der Waals surface area contributed by atoms with E-state index in [0.29, 0.717) is 10.2 Å². The Kier molecular flexibility index (Phi) is 4.62. The highest BCUT2D eigenvalue weighted by Crippen LogP contribution is 2.35. The van der Waals surface area contributed by atoms with E-state index in [2.05, 4.69) is 41.6 Å². The molecule has 1 atom stereocenters. The highest BCUT2D eigenvalue weighted by atomic mass is 79.9. The van der Waals surface area contributed by atoms with Gasteiger partial charge in [0.1, 0.15) is 0 Å². The van der Waals surface area contributed by atoms with Crippen molar-refractivity contribution in [3.63, 3.8) is 0 Å². The summed E-state index contributed by atoms with van der Waals surface area (Å²) < 4.78 is 11.8. The van der Waals surface area contributed by atoms with Gasteiger partial charge < -0.3 is 14.6 Å². The molecule has 1 N–H and O–H groups in total. The Hall–Kier alpha value is -0.780. The van der Waals surface area contributed by atoms with Gasteiger partial charge in [0.2, 0.25) is 0 Å². The van der Waals surface area contributed by atoms with Crippen LogP contribution in [0.4, 0.5) is 0 Å². The number of phenols is 1. The Balaban J connectivity index is 2.15. The highest BCUT2D eigenvalue weighted by Gasteiger charge is 2.31. The first-order valence-electron chi connectivity index (χ1n) is 6.76. The first-order valence-corrected chi connectivity index (χ1v) is 7.55. The number of ether oxygens (including phenoxy) is 2. The molecule has 0 aromatic heterocycles. The molecule has 0 amide bonds. The summed E-state index contributed by atoms with van der Waals surface area (Å²) >= 11 is 3.36. The number of morpholine rings is 1. The maximum absolute atomic E-state index is 9.85. The lowest BCUT2D eigenvalue weighted by Crippen LogP contribution is -2.51. The topological polar surface area (TPSA) is 41.9 Å². The molecule has 1 unspecified atom stereocenters. The molecule has 0 saturated carbocycles. The van der Waals surface area contributed by atoms with Crippen LogP contribution in [0.1, 0.15) is 26.3 Å². The minimum atomic E-state index is -0.129. The van der Waals surface area contributed by atoms with E-state index >= 15 is 0 Å². The number of aromatic hydroxyl groups is 1. The van der Waals surface area contributed by atoms with Crippen LogP contribution in [-0.2, 0) is 11.3 Å². The third-order valence-electron chi connectivity index (χ3n) is 3.35. The summed E-state index contributed by atoms with van der Waals surface area (Å²) in [6.45, 7) is 8.93. The quantitative estimate of drug-likeness (QED) is 0.915. The fourth-order valence-corrected chi connectivity index (χ4v) is 3.33. The number of rotatable bonds is 3. The molecule has 0 aliphatic carbocycles. The third kappa shape index (κ3) is 3.65. The summed E-state index contributed by atoms with van der Waals surface area (Å²) in [4.78, 5) is 2.37. The van der Waals surface area contributed by atoms with Crippen LogP contribution in [0.5, 0.6) is 11.5 Å². The fraction of sp³-hybridized carbons (Fsp3) is 0.600. The van der Waals surface area contributed by atoms with Crippen LogP contribution >= 0.6 is 15.9 Å². The molecule has 1 heterocycles. The number of phenolic OH excluding ortho intramolecular Hbond substituents is 1. The van der Waals surface area contributed by atoms with Crippen molar-refractivity contribution in [2.75, 3.05) is 20.2 Å². The van der Waals surface area contributed by atoms with Crippen molar-refractivity contribution < 1.29 is 14.6 Å². The molecule has 0 bridgehead atoms. The van der Waals surface area contributed by atoms with Crippen LogP contribution < -0.4 is 4.74 Å². The maximum atomic E-state index is 9.85. The van der Waals surface area contributed by atoms with E-state index in [9.17, 15) is 5.11 Å². The van der Waals surface area contributed by atoms with Crippen molar-refractivity contribution in [1.29, 1.82) is 0 Å². The summed E-state index contributed by atoms with van der Waals surface area (Å²) in [6, 6.07) is 3.82. The van der Waals surface area contributed by atoms with Gasteiger partial charge in [0.25, 0.3) is 0 Å². The van der Waals surface area contributed by atoms with Crippen molar-refractivity contribution in [2.24, 2.45) is 0 Å². The summed E-state index contributed by atoms with van der Waals surface area (Å²) in [5.74, 6) is 0.641. The Bertz CT molecular complexity index is 490. The first-order chi connectivity index (χ1) is 9.30. The van der Waals surface area contributed by atoms with E-state index in [4.69, 9.17) is 9.47 Å². The minimum Gasteiger partial charge on any atom is -0.503 e. The lowest BCUT2D eigenvalue weighted by atomic mass is 10.0. The van der Waals surface area contributed by atoms with Crippen LogP contribution in [0.15, 0.2) is 16.6 Å². The number of hydrogen-bond acceptors (Lipinski definition) is 4. The SMILES string of the molecule is COc1cc(CN2CC(C)OC(C)(C)C2)cc(Br)c1O. The standard InChI is InChI=1S/C15H22BrNO3/c1-10-7-17(9-15(2,3)20-10)8-11-5-12(16)14(18)13(6-11)19-4/h5-6,10,18H,7-9H2,1-4H3. The lowest BCUT2D eigenvalue weighted by molar-refractivity contribution is -0.130. The zero-order chi connectivity index (χ0) is 14.9. The van der Waals surface area contributed by atoms with Gasteiger partial charge in [-0.15, -0.1) is 0 Å². The van der Waals surface area contributed by atoms with E-state index in [1.54, 1.807) is 7.11 Å². The molecule has 1 aliphatic heterocycles. The molecule has 0 radical (unpaired) electrons. The van der Waals surface area contributed by atoms with Crippen LogP contribution in [-0.4, -0.2) is 41.9 Å². The Morgan fingerprint density at radius 2 is 2.20 bits per heavy atom. The van der Waals surface area contributed by atoms with Gasteiger partial charge in [-0.3, -0.25) is 4.90 Å². The molecule has 1 aromatic carbocycles. The van der Waals surface area contributed by atoms with Gasteiger partial charge in [-0.25, -0.2) is 0 Å². The molecule has 1 fully saturated rings. The second-order valence-electron chi connectivity index (χ2n) is 5.99. The minimum absolute atomic E-state index is 0.129. The van der Waals surface area contributed by atoms with Crippen LogP contribution in [0.3, 0.4) is 0 Å². The van der Waals surface area contributed by atoms with Gasteiger partial charge in [0, 0.05) is 19.6 Å². The number of nitrogens with zero attached hydrogens (tertiary/aromatic N) is 1. The van der Waals surface area contributed by atoms with Gasteiger partial charge >= 0.3 is 0 Å². The molecule has 1 aromatic rings. The normalized spacial score (nSPS) is 22.8. The summed E-state index contributed by atoms with van der Waals surface area (Å²) in [5, 5.41) is 9.85. The molecular weight excluding hydrogens is 322 g/mol. The number of benzene rings is 1. The predicted octanol–water partition coefficient (Wildman–Crippen LogP) is 3.16. The number of hydrogen-bond donors (Lipinski definition) is 1. The molecule has 112 valence electrons. The van der Waals surface area contributed by atoms with Crippen molar-refractivity contribution >= 4 is 15.9 Å². The second-order valence-corrected chi connectivity index (χ2v) is 6.84. The van der Waals surface area contributed by atoms with E-state index in [1.807, 2.05) is 12.1 Å². The molecule has 2 rings (SSSR count). The second kappa shape index (κ2) is 5.92. The van der Waals surface area contributed by atoms with E-state index < -0.39 is 0 Å². The monoisotopic (exact) mass is 343 g/mol. The van der Waals surface area contributed by atoms with Crippen molar-refractivity contribution in [3.8, 4) is 11.5 Å².